The van der Waals surface area contributed by atoms with Gasteiger partial charge in [-0.25, -0.2) is 0 Å². The van der Waals surface area contributed by atoms with Crippen LogP contribution in [-0.2, 0) is 14.3 Å². The summed E-state index contributed by atoms with van der Waals surface area (Å²) in [6.07, 6.45) is 38.3. The Hall–Kier alpha value is -2.10. The van der Waals surface area contributed by atoms with Gasteiger partial charge in [-0.15, -0.1) is 0 Å². The monoisotopic (exact) mass is 530 g/mol. The van der Waals surface area contributed by atoms with Gasteiger partial charge in [-0.1, -0.05) is 107 Å². The Morgan fingerprint density at radius 3 is 1.68 bits per heavy atom. The molecule has 0 saturated carbocycles. The minimum absolute atomic E-state index is 0.0641. The van der Waals surface area contributed by atoms with Gasteiger partial charge >= 0.3 is 11.9 Å². The molecule has 38 heavy (non-hydrogen) atoms. The highest BCUT2D eigenvalue weighted by molar-refractivity contribution is 5.69. The molecular weight excluding hydrogens is 472 g/mol. The van der Waals surface area contributed by atoms with E-state index in [9.17, 15) is 9.59 Å². The van der Waals surface area contributed by atoms with E-state index in [-0.39, 0.29) is 18.5 Å². The van der Waals surface area contributed by atoms with E-state index in [1.165, 1.54) is 44.9 Å². The van der Waals surface area contributed by atoms with Crippen LogP contribution in [-0.4, -0.2) is 23.1 Å². The van der Waals surface area contributed by atoms with Gasteiger partial charge < -0.3 is 9.84 Å². The van der Waals surface area contributed by atoms with Crippen molar-refractivity contribution in [1.82, 2.24) is 0 Å². The Bertz CT molecular complexity index is 659. The van der Waals surface area contributed by atoms with E-state index < -0.39 is 5.97 Å². The van der Waals surface area contributed by atoms with Crippen molar-refractivity contribution in [2.75, 3.05) is 0 Å². The average Bonchev–Trinajstić information content (AvgIpc) is 2.90. The molecule has 0 amide bonds. The topological polar surface area (TPSA) is 63.6 Å². The van der Waals surface area contributed by atoms with Gasteiger partial charge in [0, 0.05) is 12.8 Å². The van der Waals surface area contributed by atoms with Crippen LogP contribution in [0.25, 0.3) is 0 Å². The predicted molar refractivity (Wildman–Crippen MR) is 162 cm³/mol. The first-order chi connectivity index (χ1) is 18.6. The molecule has 1 N–H and O–H groups in total. The molecule has 4 nitrogen and oxygen atoms in total. The minimum Gasteiger partial charge on any atom is -0.481 e. The first-order valence-corrected chi connectivity index (χ1v) is 15.6. The molecule has 0 aliphatic rings. The third kappa shape index (κ3) is 28.5. The largest absolute Gasteiger partial charge is 0.481 e. The summed E-state index contributed by atoms with van der Waals surface area (Å²) in [7, 11) is 0. The van der Waals surface area contributed by atoms with E-state index in [2.05, 4.69) is 62.5 Å². The summed E-state index contributed by atoms with van der Waals surface area (Å²) in [6.45, 7) is 4.39. The molecule has 0 spiro atoms. The van der Waals surface area contributed by atoms with E-state index in [0.29, 0.717) is 12.8 Å². The van der Waals surface area contributed by atoms with Gasteiger partial charge in [-0.2, -0.15) is 0 Å². The molecule has 0 bridgehead atoms. The van der Waals surface area contributed by atoms with Crippen molar-refractivity contribution in [3.05, 3.63) is 48.6 Å². The lowest BCUT2D eigenvalue weighted by Gasteiger charge is -2.18. The van der Waals surface area contributed by atoms with E-state index in [1.54, 1.807) is 0 Å². The maximum atomic E-state index is 12.4. The molecule has 0 saturated heterocycles. The average molecular weight is 531 g/mol. The Kier molecular flexibility index (Phi) is 27.8. The molecule has 0 aromatic rings. The summed E-state index contributed by atoms with van der Waals surface area (Å²) in [5, 5.41) is 8.87. The fourth-order valence-corrected chi connectivity index (χ4v) is 4.29. The van der Waals surface area contributed by atoms with Crippen molar-refractivity contribution in [1.29, 1.82) is 0 Å². The summed E-state index contributed by atoms with van der Waals surface area (Å²) in [4.78, 5) is 23.2. The second-order valence-electron chi connectivity index (χ2n) is 10.3. The Balaban J connectivity index is 4.03. The third-order valence-electron chi connectivity index (χ3n) is 6.57. The molecule has 0 aliphatic carbocycles. The quantitative estimate of drug-likeness (QED) is 0.0651. The van der Waals surface area contributed by atoms with E-state index in [1.807, 2.05) is 0 Å². The number of hydrogen-bond acceptors (Lipinski definition) is 3. The summed E-state index contributed by atoms with van der Waals surface area (Å²) >= 11 is 0. The standard InChI is InChI=1S/C34H58O4/c1-3-5-7-9-11-13-14-15-16-17-18-19-21-23-25-31-34(37)38-32(29-26-27-30-33(35)36)28-24-22-20-12-10-8-6-4-2/h5,7,11,13,15-16,18-19,32H,3-4,6,8-10,12,14,17,20-31H2,1-2H3,(H,35,36)/b7-5-,13-11-,16-15-,19-18-. The molecule has 0 aromatic carbocycles. The van der Waals surface area contributed by atoms with Gasteiger partial charge in [-0.05, 0) is 77.0 Å². The molecule has 1 unspecified atom stereocenters. The highest BCUT2D eigenvalue weighted by atomic mass is 16.5. The number of allylic oxidation sites excluding steroid dienone is 8. The maximum absolute atomic E-state index is 12.4. The van der Waals surface area contributed by atoms with Crippen LogP contribution in [0.3, 0.4) is 0 Å². The number of carboxylic acids is 1. The summed E-state index contributed by atoms with van der Waals surface area (Å²) < 4.78 is 5.81. The van der Waals surface area contributed by atoms with Gasteiger partial charge in [-0.3, -0.25) is 9.59 Å². The van der Waals surface area contributed by atoms with E-state index in [4.69, 9.17) is 9.84 Å². The first kappa shape index (κ1) is 35.9. The number of rotatable bonds is 27. The zero-order chi connectivity index (χ0) is 27.9. The molecule has 4 heteroatoms. The van der Waals surface area contributed by atoms with E-state index >= 15 is 0 Å². The first-order valence-electron chi connectivity index (χ1n) is 15.6. The van der Waals surface area contributed by atoms with Crippen molar-refractivity contribution < 1.29 is 19.4 Å². The van der Waals surface area contributed by atoms with Crippen LogP contribution in [0.5, 0.6) is 0 Å². The lowest BCUT2D eigenvalue weighted by atomic mass is 10.0. The number of carboxylic acid groups (broad SMARTS) is 1. The predicted octanol–water partition coefficient (Wildman–Crippen LogP) is 10.4. The van der Waals surface area contributed by atoms with Crippen LogP contribution < -0.4 is 0 Å². The van der Waals surface area contributed by atoms with E-state index in [0.717, 1.165) is 70.6 Å². The summed E-state index contributed by atoms with van der Waals surface area (Å²) in [5.74, 6) is -0.854. The van der Waals surface area contributed by atoms with Gasteiger partial charge in [0.05, 0.1) is 0 Å². The second-order valence-corrected chi connectivity index (χ2v) is 10.3. The van der Waals surface area contributed by atoms with Crippen molar-refractivity contribution in [3.63, 3.8) is 0 Å². The van der Waals surface area contributed by atoms with Gasteiger partial charge in [0.2, 0.25) is 0 Å². The van der Waals surface area contributed by atoms with Crippen molar-refractivity contribution >= 4 is 11.9 Å². The van der Waals surface area contributed by atoms with Crippen molar-refractivity contribution in [3.8, 4) is 0 Å². The Morgan fingerprint density at radius 1 is 0.605 bits per heavy atom. The number of ether oxygens (including phenoxy) is 1. The lowest BCUT2D eigenvalue weighted by Crippen LogP contribution is -2.18. The second kappa shape index (κ2) is 29.5. The zero-order valence-corrected chi connectivity index (χ0v) is 24.7. The molecule has 0 rings (SSSR count). The van der Waals surface area contributed by atoms with Crippen LogP contribution in [0.1, 0.15) is 149 Å². The fourth-order valence-electron chi connectivity index (χ4n) is 4.29. The molecular formula is C34H58O4. The maximum Gasteiger partial charge on any atom is 0.306 e. The fraction of sp³-hybridized carbons (Fsp3) is 0.706. The summed E-state index contributed by atoms with van der Waals surface area (Å²) in [5.41, 5.74) is 0. The van der Waals surface area contributed by atoms with Crippen molar-refractivity contribution in [2.24, 2.45) is 0 Å². The molecule has 0 heterocycles. The highest BCUT2D eigenvalue weighted by Crippen LogP contribution is 2.17. The number of hydrogen-bond donors (Lipinski definition) is 1. The molecule has 0 aliphatic heterocycles. The zero-order valence-electron chi connectivity index (χ0n) is 24.7. The number of aliphatic carboxylic acids is 1. The molecule has 218 valence electrons. The van der Waals surface area contributed by atoms with Crippen LogP contribution >= 0.6 is 0 Å². The van der Waals surface area contributed by atoms with Gasteiger partial charge in [0.25, 0.3) is 0 Å². The normalized spacial score (nSPS) is 12.9. The SMILES string of the molecule is CC/C=C\C/C=C\C/C=C\C/C=C\CCCCC(=O)OC(CCCCCCCCCC)CCCCC(=O)O. The van der Waals surface area contributed by atoms with Crippen LogP contribution in [0.4, 0.5) is 0 Å². The molecule has 0 fully saturated rings. The number of carbonyl (C=O) groups excluding carboxylic acids is 1. The number of unbranched alkanes of at least 4 members (excludes halogenated alkanes) is 10. The van der Waals surface area contributed by atoms with Gasteiger partial charge in [0.1, 0.15) is 6.10 Å². The van der Waals surface area contributed by atoms with Crippen molar-refractivity contribution in [2.45, 2.75) is 155 Å². The number of carbonyl (C=O) groups is 2. The third-order valence-corrected chi connectivity index (χ3v) is 6.57. The molecule has 1 atom stereocenters. The smallest absolute Gasteiger partial charge is 0.306 e. The molecule has 0 aromatic heterocycles. The lowest BCUT2D eigenvalue weighted by molar-refractivity contribution is -0.150. The van der Waals surface area contributed by atoms with Crippen LogP contribution in [0.2, 0.25) is 0 Å². The highest BCUT2D eigenvalue weighted by Gasteiger charge is 2.14. The summed E-state index contributed by atoms with van der Waals surface area (Å²) in [6, 6.07) is 0. The minimum atomic E-state index is -0.755. The Labute approximate surface area is 234 Å². The number of esters is 1. The molecule has 0 radical (unpaired) electrons. The van der Waals surface area contributed by atoms with Gasteiger partial charge in [0.15, 0.2) is 0 Å². The van der Waals surface area contributed by atoms with Crippen LogP contribution in [0.15, 0.2) is 48.6 Å². The Morgan fingerprint density at radius 2 is 1.11 bits per heavy atom. The van der Waals surface area contributed by atoms with Crippen LogP contribution in [0, 0.1) is 0 Å².